The van der Waals surface area contributed by atoms with Crippen LogP contribution >= 0.6 is 0 Å². The Hall–Kier alpha value is -2.63. The van der Waals surface area contributed by atoms with E-state index in [1.165, 1.54) is 0 Å². The summed E-state index contributed by atoms with van der Waals surface area (Å²) in [5.41, 5.74) is 6.82. The Balaban J connectivity index is 2.06. The Kier molecular flexibility index (Phi) is 4.07. The molecule has 0 saturated carbocycles. The van der Waals surface area contributed by atoms with Gasteiger partial charge in [0.25, 0.3) is 0 Å². The molecule has 0 aliphatic heterocycles. The number of aliphatic carboxylic acids is 1. The van der Waals surface area contributed by atoms with Gasteiger partial charge in [-0.25, -0.2) is 4.98 Å². The summed E-state index contributed by atoms with van der Waals surface area (Å²) in [7, 11) is 0. The summed E-state index contributed by atoms with van der Waals surface area (Å²) in [6.45, 7) is 3.25. The molecule has 0 saturated heterocycles. The second kappa shape index (κ2) is 5.78. The topological polar surface area (TPSA) is 98.3 Å². The van der Waals surface area contributed by atoms with Gasteiger partial charge in [0.15, 0.2) is 0 Å². The molecule has 0 fully saturated rings. The average Bonchev–Trinajstić information content (AvgIpc) is 2.46. The van der Waals surface area contributed by atoms with Crippen LogP contribution in [-0.2, 0) is 4.79 Å². The molecular formula is C15H17N3O3. The van der Waals surface area contributed by atoms with Gasteiger partial charge in [0.2, 0.25) is 5.88 Å². The van der Waals surface area contributed by atoms with E-state index in [0.29, 0.717) is 11.6 Å². The zero-order valence-electron chi connectivity index (χ0n) is 11.9. The van der Waals surface area contributed by atoms with Crippen molar-refractivity contribution in [2.24, 2.45) is 5.41 Å². The monoisotopic (exact) mass is 287 g/mol. The number of anilines is 1. The van der Waals surface area contributed by atoms with Gasteiger partial charge in [-0.15, -0.1) is 0 Å². The van der Waals surface area contributed by atoms with Crippen molar-refractivity contribution in [1.29, 1.82) is 0 Å². The van der Waals surface area contributed by atoms with Gasteiger partial charge in [0, 0.05) is 17.8 Å². The van der Waals surface area contributed by atoms with Crippen LogP contribution in [0.4, 0.5) is 5.69 Å². The van der Waals surface area contributed by atoms with Crippen LogP contribution in [0.25, 0.3) is 11.3 Å². The third kappa shape index (κ3) is 3.68. The number of ether oxygens (including phenoxy) is 1. The minimum Gasteiger partial charge on any atom is -0.481 e. The molecule has 6 heteroatoms. The first-order valence-corrected chi connectivity index (χ1v) is 6.43. The zero-order valence-corrected chi connectivity index (χ0v) is 11.9. The molecule has 0 radical (unpaired) electrons. The van der Waals surface area contributed by atoms with Crippen LogP contribution in [0.1, 0.15) is 13.8 Å². The first-order chi connectivity index (χ1) is 9.88. The van der Waals surface area contributed by atoms with Crippen LogP contribution in [0.5, 0.6) is 5.88 Å². The molecule has 0 bridgehead atoms. The first-order valence-electron chi connectivity index (χ1n) is 6.43. The van der Waals surface area contributed by atoms with E-state index >= 15 is 0 Å². The fourth-order valence-corrected chi connectivity index (χ4v) is 1.51. The van der Waals surface area contributed by atoms with Crippen molar-refractivity contribution >= 4 is 11.7 Å². The van der Waals surface area contributed by atoms with Gasteiger partial charge < -0.3 is 15.6 Å². The van der Waals surface area contributed by atoms with Crippen molar-refractivity contribution in [3.8, 4) is 17.1 Å². The van der Waals surface area contributed by atoms with Gasteiger partial charge in [-0.05, 0) is 32.0 Å². The van der Waals surface area contributed by atoms with Crippen LogP contribution in [0.15, 0.2) is 36.7 Å². The molecular weight excluding hydrogens is 270 g/mol. The van der Waals surface area contributed by atoms with Gasteiger partial charge in [-0.2, -0.15) is 0 Å². The quantitative estimate of drug-likeness (QED) is 0.874. The molecule has 2 aromatic heterocycles. The predicted molar refractivity (Wildman–Crippen MR) is 78.8 cm³/mol. The van der Waals surface area contributed by atoms with Crippen molar-refractivity contribution in [2.75, 3.05) is 12.3 Å². The Morgan fingerprint density at radius 3 is 2.52 bits per heavy atom. The second-order valence-electron chi connectivity index (χ2n) is 5.34. The molecule has 0 aliphatic rings. The Bertz CT molecular complexity index is 622. The van der Waals surface area contributed by atoms with Gasteiger partial charge in [0.05, 0.1) is 23.0 Å². The van der Waals surface area contributed by atoms with E-state index in [0.717, 1.165) is 11.3 Å². The number of carbonyl (C=O) groups is 1. The maximum Gasteiger partial charge on any atom is 0.312 e. The molecule has 110 valence electrons. The summed E-state index contributed by atoms with van der Waals surface area (Å²) < 4.78 is 5.41. The van der Waals surface area contributed by atoms with Gasteiger partial charge in [-0.1, -0.05) is 0 Å². The smallest absolute Gasteiger partial charge is 0.312 e. The summed E-state index contributed by atoms with van der Waals surface area (Å²) >= 11 is 0. The lowest BCUT2D eigenvalue weighted by molar-refractivity contribution is -0.148. The molecule has 0 aliphatic carbocycles. The van der Waals surface area contributed by atoms with Crippen molar-refractivity contribution in [3.63, 3.8) is 0 Å². The van der Waals surface area contributed by atoms with Gasteiger partial charge in [-0.3, -0.25) is 9.78 Å². The average molecular weight is 287 g/mol. The van der Waals surface area contributed by atoms with Crippen LogP contribution in [0.2, 0.25) is 0 Å². The minimum atomic E-state index is -0.959. The van der Waals surface area contributed by atoms with E-state index in [2.05, 4.69) is 9.97 Å². The van der Waals surface area contributed by atoms with Gasteiger partial charge in [0.1, 0.15) is 6.61 Å². The van der Waals surface area contributed by atoms with Crippen LogP contribution in [0.3, 0.4) is 0 Å². The highest BCUT2D eigenvalue weighted by atomic mass is 16.5. The number of aromatic nitrogens is 2. The van der Waals surface area contributed by atoms with Crippen molar-refractivity contribution in [1.82, 2.24) is 9.97 Å². The molecule has 6 nitrogen and oxygen atoms in total. The SMILES string of the molecule is CC(C)(COc1ccc(-c2ccc(N)cn2)cn1)C(=O)O. The first kappa shape index (κ1) is 14.8. The summed E-state index contributed by atoms with van der Waals surface area (Å²) in [5, 5.41) is 9.02. The highest BCUT2D eigenvalue weighted by Gasteiger charge is 2.28. The van der Waals surface area contributed by atoms with E-state index in [4.69, 9.17) is 15.6 Å². The minimum absolute atomic E-state index is 0.0504. The number of nitrogen functional groups attached to an aromatic ring is 1. The fraction of sp³-hybridized carbons (Fsp3) is 0.267. The van der Waals surface area contributed by atoms with E-state index in [-0.39, 0.29) is 6.61 Å². The Morgan fingerprint density at radius 1 is 1.24 bits per heavy atom. The third-order valence-corrected chi connectivity index (χ3v) is 2.98. The van der Waals surface area contributed by atoms with Crippen LogP contribution in [0, 0.1) is 5.41 Å². The maximum absolute atomic E-state index is 11.0. The molecule has 0 amide bonds. The summed E-state index contributed by atoms with van der Waals surface area (Å²) in [6, 6.07) is 7.07. The largest absolute Gasteiger partial charge is 0.481 e. The van der Waals surface area contributed by atoms with E-state index in [9.17, 15) is 4.79 Å². The lowest BCUT2D eigenvalue weighted by Gasteiger charge is -2.18. The van der Waals surface area contributed by atoms with Crippen molar-refractivity contribution in [3.05, 3.63) is 36.7 Å². The lowest BCUT2D eigenvalue weighted by Crippen LogP contribution is -2.30. The molecule has 2 heterocycles. The zero-order chi connectivity index (χ0) is 15.5. The van der Waals surface area contributed by atoms with Crippen molar-refractivity contribution < 1.29 is 14.6 Å². The molecule has 2 aromatic rings. The second-order valence-corrected chi connectivity index (χ2v) is 5.34. The predicted octanol–water partition coefficient (Wildman–Crippen LogP) is 2.22. The van der Waals surface area contributed by atoms with E-state index in [1.54, 1.807) is 44.4 Å². The normalized spacial score (nSPS) is 11.1. The molecule has 0 unspecified atom stereocenters. The fourth-order valence-electron chi connectivity index (χ4n) is 1.51. The number of carboxylic acid groups (broad SMARTS) is 1. The summed E-state index contributed by atoms with van der Waals surface area (Å²) in [5.74, 6) is -0.534. The third-order valence-electron chi connectivity index (χ3n) is 2.98. The number of rotatable bonds is 5. The lowest BCUT2D eigenvalue weighted by atomic mass is 9.95. The Labute approximate surface area is 122 Å². The highest BCUT2D eigenvalue weighted by Crippen LogP contribution is 2.21. The summed E-state index contributed by atoms with van der Waals surface area (Å²) in [4.78, 5) is 19.3. The standard InChI is InChI=1S/C15H17N3O3/c1-15(2,14(19)20)9-21-13-6-3-10(7-18-13)12-5-4-11(16)8-17-12/h3-8H,9,16H2,1-2H3,(H,19,20). The maximum atomic E-state index is 11.0. The number of pyridine rings is 2. The van der Waals surface area contributed by atoms with Crippen molar-refractivity contribution in [2.45, 2.75) is 13.8 Å². The van der Waals surface area contributed by atoms with E-state index in [1.807, 2.05) is 6.07 Å². The van der Waals surface area contributed by atoms with Crippen LogP contribution in [-0.4, -0.2) is 27.7 Å². The number of hydrogen-bond acceptors (Lipinski definition) is 5. The molecule has 0 atom stereocenters. The molecule has 0 spiro atoms. The Morgan fingerprint density at radius 2 is 2.00 bits per heavy atom. The van der Waals surface area contributed by atoms with E-state index < -0.39 is 11.4 Å². The molecule has 21 heavy (non-hydrogen) atoms. The molecule has 3 N–H and O–H groups in total. The molecule has 0 aromatic carbocycles. The molecule has 2 rings (SSSR count). The summed E-state index contributed by atoms with van der Waals surface area (Å²) in [6.07, 6.45) is 3.21. The number of hydrogen-bond donors (Lipinski definition) is 2. The highest BCUT2D eigenvalue weighted by molar-refractivity contribution is 5.73. The number of nitrogens with zero attached hydrogens (tertiary/aromatic N) is 2. The number of nitrogens with two attached hydrogens (primary N) is 1. The number of carboxylic acids is 1. The van der Waals surface area contributed by atoms with Crippen LogP contribution < -0.4 is 10.5 Å². The van der Waals surface area contributed by atoms with Gasteiger partial charge >= 0.3 is 5.97 Å².